The highest BCUT2D eigenvalue weighted by molar-refractivity contribution is 6.06. The van der Waals surface area contributed by atoms with Gasteiger partial charge in [0.1, 0.15) is 17.5 Å². The fraction of sp³-hybridized carbons (Fsp3) is 0. The second kappa shape index (κ2) is 6.82. The number of nitrogens with one attached hydrogen (secondary N) is 2. The summed E-state index contributed by atoms with van der Waals surface area (Å²) < 4.78 is 12.8. The van der Waals surface area contributed by atoms with Crippen LogP contribution in [0.2, 0.25) is 0 Å². The maximum atomic E-state index is 12.8. The largest absolute Gasteiger partial charge is 0.359 e. The van der Waals surface area contributed by atoms with E-state index < -0.39 is 11.7 Å². The van der Waals surface area contributed by atoms with E-state index in [-0.39, 0.29) is 5.57 Å². The van der Waals surface area contributed by atoms with Crippen molar-refractivity contribution in [3.8, 4) is 6.07 Å². The highest BCUT2D eigenvalue weighted by Gasteiger charge is 2.09. The first-order valence-electron chi connectivity index (χ1n) is 6.03. The minimum Gasteiger partial charge on any atom is -0.359 e. The van der Waals surface area contributed by atoms with Gasteiger partial charge in [-0.25, -0.2) is 4.39 Å². The molecule has 0 aliphatic rings. The van der Waals surface area contributed by atoms with E-state index in [1.165, 1.54) is 30.5 Å². The van der Waals surface area contributed by atoms with Crippen LogP contribution in [0.1, 0.15) is 0 Å². The van der Waals surface area contributed by atoms with Gasteiger partial charge in [0.2, 0.25) is 0 Å². The van der Waals surface area contributed by atoms with Crippen molar-refractivity contribution in [2.75, 3.05) is 10.6 Å². The van der Waals surface area contributed by atoms with E-state index in [1.54, 1.807) is 30.6 Å². The normalized spacial score (nSPS) is 10.6. The lowest BCUT2D eigenvalue weighted by Crippen LogP contribution is -2.14. The molecule has 2 aromatic rings. The van der Waals surface area contributed by atoms with Gasteiger partial charge in [-0.1, -0.05) is 0 Å². The number of halogens is 1. The van der Waals surface area contributed by atoms with Gasteiger partial charge in [0, 0.05) is 18.1 Å². The zero-order chi connectivity index (χ0) is 15.1. The van der Waals surface area contributed by atoms with Crippen molar-refractivity contribution in [1.29, 1.82) is 5.26 Å². The Bertz CT molecular complexity index is 690. The third-order valence-electron chi connectivity index (χ3n) is 2.51. The van der Waals surface area contributed by atoms with Crippen molar-refractivity contribution < 1.29 is 9.18 Å². The Hall–Kier alpha value is -3.20. The number of hydrogen-bond acceptors (Lipinski definition) is 4. The number of amides is 1. The lowest BCUT2D eigenvalue weighted by molar-refractivity contribution is -0.112. The lowest BCUT2D eigenvalue weighted by atomic mass is 10.2. The van der Waals surface area contributed by atoms with Crippen LogP contribution in [0, 0.1) is 17.1 Å². The Morgan fingerprint density at radius 1 is 1.24 bits per heavy atom. The highest BCUT2D eigenvalue weighted by atomic mass is 19.1. The molecule has 5 nitrogen and oxygen atoms in total. The van der Waals surface area contributed by atoms with Gasteiger partial charge in [-0.3, -0.25) is 9.78 Å². The smallest absolute Gasteiger partial charge is 0.267 e. The maximum absolute atomic E-state index is 12.8. The number of pyridine rings is 1. The molecule has 1 heterocycles. The molecule has 0 bridgehead atoms. The predicted molar refractivity (Wildman–Crippen MR) is 76.6 cm³/mol. The van der Waals surface area contributed by atoms with Crippen molar-refractivity contribution >= 4 is 17.3 Å². The summed E-state index contributed by atoms with van der Waals surface area (Å²) in [5.41, 5.74) is 0.951. The maximum Gasteiger partial charge on any atom is 0.267 e. The standard InChI is InChI=1S/C15H11FN4O/c16-12-3-5-13(6-4-12)20-15(21)11(8-17)9-19-14-2-1-7-18-10-14/h1-7,9-10,19H,(H,20,21)/b11-9-. The fourth-order valence-corrected chi connectivity index (χ4v) is 1.48. The fourth-order valence-electron chi connectivity index (χ4n) is 1.48. The molecule has 2 rings (SSSR count). The molecule has 0 radical (unpaired) electrons. The minimum atomic E-state index is -0.583. The molecule has 0 aliphatic heterocycles. The monoisotopic (exact) mass is 282 g/mol. The second-order valence-electron chi connectivity index (χ2n) is 4.02. The lowest BCUT2D eigenvalue weighted by Gasteiger charge is -2.04. The van der Waals surface area contributed by atoms with E-state index in [2.05, 4.69) is 15.6 Å². The van der Waals surface area contributed by atoms with Crippen molar-refractivity contribution in [2.24, 2.45) is 0 Å². The third-order valence-corrected chi connectivity index (χ3v) is 2.51. The molecule has 0 saturated carbocycles. The van der Waals surface area contributed by atoms with Crippen LogP contribution in [0.15, 0.2) is 60.6 Å². The number of rotatable bonds is 4. The minimum absolute atomic E-state index is 0.108. The van der Waals surface area contributed by atoms with Gasteiger partial charge in [-0.05, 0) is 36.4 Å². The summed E-state index contributed by atoms with van der Waals surface area (Å²) in [7, 11) is 0. The van der Waals surface area contributed by atoms with Gasteiger partial charge >= 0.3 is 0 Å². The summed E-state index contributed by atoms with van der Waals surface area (Å²) in [6.45, 7) is 0. The molecule has 21 heavy (non-hydrogen) atoms. The summed E-state index contributed by atoms with van der Waals surface area (Å²) in [4.78, 5) is 15.8. The Morgan fingerprint density at radius 3 is 2.62 bits per heavy atom. The van der Waals surface area contributed by atoms with Crippen molar-refractivity contribution in [1.82, 2.24) is 4.98 Å². The average Bonchev–Trinajstić information content (AvgIpc) is 2.51. The van der Waals surface area contributed by atoms with E-state index >= 15 is 0 Å². The molecule has 0 saturated heterocycles. The third kappa shape index (κ3) is 4.14. The Balaban J connectivity index is 2.05. The summed E-state index contributed by atoms with van der Waals surface area (Å²) in [5.74, 6) is -0.984. The van der Waals surface area contributed by atoms with Crippen LogP contribution in [0.5, 0.6) is 0 Å². The molecule has 0 atom stereocenters. The first-order chi connectivity index (χ1) is 10.2. The molecule has 2 N–H and O–H groups in total. The molecule has 1 aromatic carbocycles. The number of carbonyl (C=O) groups excluding carboxylic acids is 1. The number of nitriles is 1. The molecule has 6 heteroatoms. The Kier molecular flexibility index (Phi) is 4.62. The summed E-state index contributed by atoms with van der Waals surface area (Å²) in [5, 5.41) is 14.3. The molecule has 0 fully saturated rings. The van der Waals surface area contributed by atoms with E-state index in [4.69, 9.17) is 5.26 Å². The molecule has 1 amide bonds. The number of aromatic nitrogens is 1. The number of benzene rings is 1. The second-order valence-corrected chi connectivity index (χ2v) is 4.02. The van der Waals surface area contributed by atoms with Crippen molar-refractivity contribution in [3.05, 3.63) is 66.4 Å². The molecular weight excluding hydrogens is 271 g/mol. The molecule has 0 spiro atoms. The number of carbonyl (C=O) groups is 1. The summed E-state index contributed by atoms with van der Waals surface area (Å²) >= 11 is 0. The van der Waals surface area contributed by atoms with Crippen molar-refractivity contribution in [3.63, 3.8) is 0 Å². The molecular formula is C15H11FN4O. The molecule has 1 aromatic heterocycles. The quantitative estimate of drug-likeness (QED) is 0.667. The zero-order valence-corrected chi connectivity index (χ0v) is 10.9. The van der Waals surface area contributed by atoms with Gasteiger partial charge in [-0.2, -0.15) is 5.26 Å². The van der Waals surface area contributed by atoms with E-state index in [0.717, 1.165) is 0 Å². The molecule has 0 unspecified atom stereocenters. The topological polar surface area (TPSA) is 77.8 Å². The van der Waals surface area contributed by atoms with E-state index in [0.29, 0.717) is 11.4 Å². The Labute approximate surface area is 120 Å². The van der Waals surface area contributed by atoms with Gasteiger partial charge < -0.3 is 10.6 Å². The molecule has 0 aliphatic carbocycles. The van der Waals surface area contributed by atoms with Crippen LogP contribution in [0.25, 0.3) is 0 Å². The highest BCUT2D eigenvalue weighted by Crippen LogP contribution is 2.10. The van der Waals surface area contributed by atoms with Gasteiger partial charge in [0.05, 0.1) is 11.9 Å². The van der Waals surface area contributed by atoms with Crippen molar-refractivity contribution in [2.45, 2.75) is 0 Å². The number of anilines is 2. The van der Waals surface area contributed by atoms with E-state index in [9.17, 15) is 9.18 Å². The van der Waals surface area contributed by atoms with Crippen LogP contribution < -0.4 is 10.6 Å². The van der Waals surface area contributed by atoms with E-state index in [1.807, 2.05) is 0 Å². The number of hydrogen-bond donors (Lipinski definition) is 2. The first-order valence-corrected chi connectivity index (χ1v) is 6.03. The van der Waals surface area contributed by atoms with Gasteiger partial charge in [0.25, 0.3) is 5.91 Å². The van der Waals surface area contributed by atoms with Gasteiger partial charge in [0.15, 0.2) is 0 Å². The number of nitrogens with zero attached hydrogens (tertiary/aromatic N) is 2. The van der Waals surface area contributed by atoms with Gasteiger partial charge in [-0.15, -0.1) is 0 Å². The molecule has 104 valence electrons. The van der Waals surface area contributed by atoms with Crippen LogP contribution in [-0.4, -0.2) is 10.9 Å². The predicted octanol–water partition coefficient (Wildman–Crippen LogP) is 2.68. The SMILES string of the molecule is N#C/C(=C/Nc1cccnc1)C(=O)Nc1ccc(F)cc1. The van der Waals surface area contributed by atoms with Crippen LogP contribution in [0.3, 0.4) is 0 Å². The average molecular weight is 282 g/mol. The summed E-state index contributed by atoms with van der Waals surface area (Å²) in [6, 6.07) is 10.5. The zero-order valence-electron chi connectivity index (χ0n) is 10.9. The summed E-state index contributed by atoms with van der Waals surface area (Å²) in [6.07, 6.45) is 4.46. The van der Waals surface area contributed by atoms with Crippen LogP contribution in [-0.2, 0) is 4.79 Å². The van der Waals surface area contributed by atoms with Crippen LogP contribution >= 0.6 is 0 Å². The first kappa shape index (κ1) is 14.2. The van der Waals surface area contributed by atoms with Crippen LogP contribution in [0.4, 0.5) is 15.8 Å². The Morgan fingerprint density at radius 2 is 2.00 bits per heavy atom.